The third-order valence-electron chi connectivity index (χ3n) is 3.41. The summed E-state index contributed by atoms with van der Waals surface area (Å²) < 4.78 is 5.27. The van der Waals surface area contributed by atoms with Crippen molar-refractivity contribution < 1.29 is 14.3 Å². The van der Waals surface area contributed by atoms with Crippen LogP contribution in [-0.2, 0) is 11.3 Å². The molecule has 0 saturated heterocycles. The Morgan fingerprint density at radius 2 is 2.14 bits per heavy atom. The van der Waals surface area contributed by atoms with Crippen LogP contribution in [0.2, 0.25) is 0 Å². The van der Waals surface area contributed by atoms with E-state index in [9.17, 15) is 9.59 Å². The van der Waals surface area contributed by atoms with Gasteiger partial charge in [0.1, 0.15) is 5.75 Å². The number of nitrogens with one attached hydrogen (secondary N) is 2. The number of benzene rings is 2. The van der Waals surface area contributed by atoms with E-state index >= 15 is 0 Å². The van der Waals surface area contributed by atoms with E-state index in [0.29, 0.717) is 23.5 Å². The predicted octanol–water partition coefficient (Wildman–Crippen LogP) is 2.26. The molecule has 1 heterocycles. The van der Waals surface area contributed by atoms with Gasteiger partial charge in [-0.05, 0) is 30.7 Å². The lowest BCUT2D eigenvalue weighted by Gasteiger charge is -2.18. The molecule has 5 nitrogen and oxygen atoms in total. The average molecular weight is 296 g/mol. The van der Waals surface area contributed by atoms with E-state index in [0.717, 1.165) is 11.1 Å². The predicted molar refractivity (Wildman–Crippen MR) is 82.9 cm³/mol. The largest absolute Gasteiger partial charge is 0.482 e. The van der Waals surface area contributed by atoms with Gasteiger partial charge in [0.05, 0.1) is 5.69 Å². The minimum atomic E-state index is -0.218. The van der Waals surface area contributed by atoms with E-state index in [1.54, 1.807) is 18.2 Å². The maximum atomic E-state index is 12.2. The number of rotatable bonds is 3. The normalized spacial score (nSPS) is 12.9. The van der Waals surface area contributed by atoms with E-state index in [1.165, 1.54) is 0 Å². The third-order valence-corrected chi connectivity index (χ3v) is 3.41. The van der Waals surface area contributed by atoms with Crippen molar-refractivity contribution >= 4 is 17.5 Å². The summed E-state index contributed by atoms with van der Waals surface area (Å²) in [6.07, 6.45) is 0. The Morgan fingerprint density at radius 3 is 2.95 bits per heavy atom. The van der Waals surface area contributed by atoms with E-state index in [1.807, 2.05) is 31.2 Å². The van der Waals surface area contributed by atoms with Gasteiger partial charge in [-0.2, -0.15) is 0 Å². The summed E-state index contributed by atoms with van der Waals surface area (Å²) >= 11 is 0. The second-order valence-electron chi connectivity index (χ2n) is 5.22. The second kappa shape index (κ2) is 5.89. The zero-order valence-electron chi connectivity index (χ0n) is 12.2. The van der Waals surface area contributed by atoms with E-state index < -0.39 is 0 Å². The van der Waals surface area contributed by atoms with Crippen LogP contribution in [0.15, 0.2) is 42.5 Å². The molecule has 0 fully saturated rings. The maximum Gasteiger partial charge on any atom is 0.262 e. The first-order valence-electron chi connectivity index (χ1n) is 7.02. The van der Waals surface area contributed by atoms with Crippen LogP contribution in [0.4, 0.5) is 5.69 Å². The van der Waals surface area contributed by atoms with Crippen LogP contribution in [0.1, 0.15) is 21.5 Å². The van der Waals surface area contributed by atoms with E-state index in [4.69, 9.17) is 4.74 Å². The molecule has 1 aliphatic rings. The van der Waals surface area contributed by atoms with Crippen molar-refractivity contribution in [3.05, 3.63) is 59.2 Å². The van der Waals surface area contributed by atoms with Gasteiger partial charge in [-0.1, -0.05) is 29.8 Å². The molecule has 3 rings (SSSR count). The number of amides is 2. The van der Waals surface area contributed by atoms with Crippen molar-refractivity contribution in [2.45, 2.75) is 13.5 Å². The van der Waals surface area contributed by atoms with Gasteiger partial charge in [-0.25, -0.2) is 0 Å². The van der Waals surface area contributed by atoms with Crippen molar-refractivity contribution in [1.82, 2.24) is 5.32 Å². The van der Waals surface area contributed by atoms with Crippen molar-refractivity contribution in [2.75, 3.05) is 11.9 Å². The number of anilines is 1. The fraction of sp³-hybridized carbons (Fsp3) is 0.176. The lowest BCUT2D eigenvalue weighted by molar-refractivity contribution is -0.118. The average Bonchev–Trinajstić information content (AvgIpc) is 2.52. The topological polar surface area (TPSA) is 67.4 Å². The van der Waals surface area contributed by atoms with Crippen LogP contribution >= 0.6 is 0 Å². The van der Waals surface area contributed by atoms with E-state index in [-0.39, 0.29) is 18.4 Å². The molecule has 0 spiro atoms. The fourth-order valence-corrected chi connectivity index (χ4v) is 2.33. The number of carbonyl (C=O) groups excluding carboxylic acids is 2. The molecule has 0 saturated carbocycles. The van der Waals surface area contributed by atoms with Gasteiger partial charge in [0, 0.05) is 12.1 Å². The molecule has 5 heteroatoms. The van der Waals surface area contributed by atoms with Crippen molar-refractivity contribution in [1.29, 1.82) is 0 Å². The first-order chi connectivity index (χ1) is 10.6. The summed E-state index contributed by atoms with van der Waals surface area (Å²) in [4.78, 5) is 23.5. The molecular weight excluding hydrogens is 280 g/mol. The highest BCUT2D eigenvalue weighted by molar-refractivity contribution is 5.99. The molecule has 0 radical (unpaired) electrons. The molecule has 0 aliphatic carbocycles. The smallest absolute Gasteiger partial charge is 0.262 e. The number of ether oxygens (including phenoxy) is 1. The molecule has 2 aromatic rings. The third kappa shape index (κ3) is 3.09. The van der Waals surface area contributed by atoms with Crippen molar-refractivity contribution in [3.8, 4) is 5.75 Å². The fourth-order valence-electron chi connectivity index (χ4n) is 2.33. The first kappa shape index (κ1) is 14.1. The SMILES string of the molecule is Cc1cccc(CNC(=O)c2ccc3c(c2)NC(=O)CO3)c1. The van der Waals surface area contributed by atoms with E-state index in [2.05, 4.69) is 10.6 Å². The number of hydrogen-bond donors (Lipinski definition) is 2. The van der Waals surface area contributed by atoms with Crippen LogP contribution in [-0.4, -0.2) is 18.4 Å². The van der Waals surface area contributed by atoms with Gasteiger partial charge in [-0.3, -0.25) is 9.59 Å². The van der Waals surface area contributed by atoms with Crippen LogP contribution in [0.5, 0.6) is 5.75 Å². The van der Waals surface area contributed by atoms with Gasteiger partial charge >= 0.3 is 0 Å². The van der Waals surface area contributed by atoms with Gasteiger partial charge in [0.25, 0.3) is 11.8 Å². The van der Waals surface area contributed by atoms with Gasteiger partial charge in [0.2, 0.25) is 0 Å². The Kier molecular flexibility index (Phi) is 3.78. The molecule has 2 amide bonds. The molecule has 2 aromatic carbocycles. The first-order valence-corrected chi connectivity index (χ1v) is 7.02. The van der Waals surface area contributed by atoms with Crippen LogP contribution in [0.25, 0.3) is 0 Å². The highest BCUT2D eigenvalue weighted by Gasteiger charge is 2.17. The Hall–Kier alpha value is -2.82. The molecule has 0 aromatic heterocycles. The van der Waals surface area contributed by atoms with Crippen molar-refractivity contribution in [2.24, 2.45) is 0 Å². The minimum absolute atomic E-state index is 0.00585. The molecule has 0 bridgehead atoms. The zero-order chi connectivity index (χ0) is 15.5. The second-order valence-corrected chi connectivity index (χ2v) is 5.22. The standard InChI is InChI=1S/C17H16N2O3/c1-11-3-2-4-12(7-11)9-18-17(21)13-5-6-15-14(8-13)19-16(20)10-22-15/h2-8H,9-10H2,1H3,(H,18,21)(H,19,20). The quantitative estimate of drug-likeness (QED) is 0.913. The Balaban J connectivity index is 1.70. The minimum Gasteiger partial charge on any atom is -0.482 e. The lowest BCUT2D eigenvalue weighted by Crippen LogP contribution is -2.27. The Bertz CT molecular complexity index is 740. The summed E-state index contributed by atoms with van der Waals surface area (Å²) in [5.74, 6) is 0.170. The molecule has 112 valence electrons. The molecule has 1 aliphatic heterocycles. The maximum absolute atomic E-state index is 12.2. The lowest BCUT2D eigenvalue weighted by atomic mass is 10.1. The number of aryl methyl sites for hydroxylation is 1. The Morgan fingerprint density at radius 1 is 1.27 bits per heavy atom. The van der Waals surface area contributed by atoms with Crippen LogP contribution < -0.4 is 15.4 Å². The summed E-state index contributed by atoms with van der Waals surface area (Å²) in [6.45, 7) is 2.48. The molecule has 0 unspecified atom stereocenters. The van der Waals surface area contributed by atoms with Crippen molar-refractivity contribution in [3.63, 3.8) is 0 Å². The summed E-state index contributed by atoms with van der Waals surface area (Å²) in [5, 5.41) is 5.56. The monoisotopic (exact) mass is 296 g/mol. The van der Waals surface area contributed by atoms with Crippen LogP contribution in [0.3, 0.4) is 0 Å². The number of hydrogen-bond acceptors (Lipinski definition) is 3. The van der Waals surface area contributed by atoms with Gasteiger partial charge < -0.3 is 15.4 Å². The highest BCUT2D eigenvalue weighted by atomic mass is 16.5. The van der Waals surface area contributed by atoms with Gasteiger partial charge in [-0.15, -0.1) is 0 Å². The number of fused-ring (bicyclic) bond motifs is 1. The molecule has 22 heavy (non-hydrogen) atoms. The highest BCUT2D eigenvalue weighted by Crippen LogP contribution is 2.28. The van der Waals surface area contributed by atoms with Gasteiger partial charge in [0.15, 0.2) is 6.61 Å². The van der Waals surface area contributed by atoms with Crippen LogP contribution in [0, 0.1) is 6.92 Å². The summed E-state index contributed by atoms with van der Waals surface area (Å²) in [5.41, 5.74) is 3.21. The molecule has 2 N–H and O–H groups in total. The zero-order valence-corrected chi connectivity index (χ0v) is 12.2. The molecule has 0 atom stereocenters. The molecular formula is C17H16N2O3. The Labute approximate surface area is 128 Å². The number of carbonyl (C=O) groups is 2. The summed E-state index contributed by atoms with van der Waals surface area (Å²) in [7, 11) is 0. The summed E-state index contributed by atoms with van der Waals surface area (Å²) in [6, 6.07) is 13.0.